The molecule has 1 saturated carbocycles. The van der Waals surface area contributed by atoms with Crippen molar-refractivity contribution in [1.29, 1.82) is 0 Å². The van der Waals surface area contributed by atoms with Crippen LogP contribution < -0.4 is 5.32 Å². The van der Waals surface area contributed by atoms with Gasteiger partial charge < -0.3 is 5.32 Å². The molecule has 0 bridgehead atoms. The molecule has 0 radical (unpaired) electrons. The van der Waals surface area contributed by atoms with Crippen molar-refractivity contribution in [2.24, 2.45) is 0 Å². The van der Waals surface area contributed by atoms with Crippen LogP contribution in [0.4, 0.5) is 0 Å². The smallest absolute Gasteiger partial charge is 0.0192 e. The van der Waals surface area contributed by atoms with Gasteiger partial charge >= 0.3 is 0 Å². The van der Waals surface area contributed by atoms with Crippen LogP contribution >= 0.6 is 12.6 Å². The van der Waals surface area contributed by atoms with Crippen LogP contribution in [0.3, 0.4) is 0 Å². The molecule has 0 aromatic rings. The maximum atomic E-state index is 4.48. The van der Waals surface area contributed by atoms with Crippen molar-refractivity contribution in [2.45, 2.75) is 42.9 Å². The van der Waals surface area contributed by atoms with Crippen molar-refractivity contribution in [3.05, 3.63) is 0 Å². The molecule has 1 N–H and O–H groups in total. The first-order valence-electron chi connectivity index (χ1n) is 4.24. The number of nitrogens with one attached hydrogen (secondary N) is 1. The van der Waals surface area contributed by atoms with E-state index in [-0.39, 0.29) is 0 Å². The third kappa shape index (κ3) is 1.08. The van der Waals surface area contributed by atoms with Crippen molar-refractivity contribution < 1.29 is 0 Å². The lowest BCUT2D eigenvalue weighted by atomic mass is 9.96. The molecule has 10 heavy (non-hydrogen) atoms. The van der Waals surface area contributed by atoms with E-state index in [9.17, 15) is 0 Å². The second-order valence-corrected chi connectivity index (χ2v) is 4.46. The van der Waals surface area contributed by atoms with Crippen LogP contribution in [0.1, 0.15) is 32.1 Å². The number of hydrogen-bond acceptors (Lipinski definition) is 2. The molecule has 2 aliphatic rings. The van der Waals surface area contributed by atoms with Crippen molar-refractivity contribution in [1.82, 2.24) is 5.32 Å². The van der Waals surface area contributed by atoms with Crippen LogP contribution in [0, 0.1) is 0 Å². The highest BCUT2D eigenvalue weighted by Gasteiger charge is 2.39. The van der Waals surface area contributed by atoms with E-state index in [0.29, 0.717) is 10.8 Å². The first-order chi connectivity index (χ1) is 4.81. The summed E-state index contributed by atoms with van der Waals surface area (Å²) < 4.78 is 0. The molecule has 1 aliphatic heterocycles. The van der Waals surface area contributed by atoms with E-state index in [1.54, 1.807) is 0 Å². The fraction of sp³-hybridized carbons (Fsp3) is 1.00. The average Bonchev–Trinajstić information content (AvgIpc) is 2.46. The van der Waals surface area contributed by atoms with Gasteiger partial charge in [0.2, 0.25) is 0 Å². The van der Waals surface area contributed by atoms with Crippen molar-refractivity contribution >= 4 is 12.6 Å². The third-order valence-corrected chi connectivity index (χ3v) is 3.26. The van der Waals surface area contributed by atoms with Crippen LogP contribution in [0.5, 0.6) is 0 Å². The molecule has 1 nitrogen and oxygen atoms in total. The Balaban J connectivity index is 2.03. The molecular formula is C8H15NS. The number of rotatable bonds is 0. The van der Waals surface area contributed by atoms with Crippen LogP contribution in [-0.4, -0.2) is 17.3 Å². The molecule has 1 heterocycles. The summed E-state index contributed by atoms with van der Waals surface area (Å²) in [6, 6.07) is 0. The summed E-state index contributed by atoms with van der Waals surface area (Å²) in [7, 11) is 0. The van der Waals surface area contributed by atoms with E-state index < -0.39 is 0 Å². The standard InChI is InChI=1S/C8H15NS/c10-7-5-8(9-6-7)3-1-2-4-8/h7,9-10H,1-6H2. The van der Waals surface area contributed by atoms with Gasteiger partial charge in [-0.1, -0.05) is 12.8 Å². The molecule has 1 atom stereocenters. The predicted octanol–water partition coefficient (Wildman–Crippen LogP) is 1.59. The average molecular weight is 157 g/mol. The summed E-state index contributed by atoms with van der Waals surface area (Å²) in [5.74, 6) is 0. The van der Waals surface area contributed by atoms with Crippen molar-refractivity contribution in [2.75, 3.05) is 6.54 Å². The molecule has 1 aliphatic carbocycles. The Labute approximate surface area is 68.0 Å². The van der Waals surface area contributed by atoms with Gasteiger partial charge in [-0.05, 0) is 19.3 Å². The minimum Gasteiger partial charge on any atom is -0.310 e. The molecule has 2 rings (SSSR count). The fourth-order valence-electron chi connectivity index (χ4n) is 2.36. The molecule has 58 valence electrons. The third-order valence-electron chi connectivity index (χ3n) is 2.90. The van der Waals surface area contributed by atoms with Gasteiger partial charge in [0, 0.05) is 17.3 Å². The lowest BCUT2D eigenvalue weighted by molar-refractivity contribution is 0.389. The fourth-order valence-corrected chi connectivity index (χ4v) is 2.80. The Morgan fingerprint density at radius 2 is 2.00 bits per heavy atom. The molecule has 0 aromatic carbocycles. The van der Waals surface area contributed by atoms with E-state index in [2.05, 4.69) is 17.9 Å². The van der Waals surface area contributed by atoms with E-state index in [1.165, 1.54) is 32.1 Å². The van der Waals surface area contributed by atoms with Gasteiger partial charge in [-0.25, -0.2) is 0 Å². The van der Waals surface area contributed by atoms with Gasteiger partial charge in [-0.3, -0.25) is 0 Å². The molecule has 1 saturated heterocycles. The normalized spacial score (nSPS) is 37.5. The zero-order chi connectivity index (χ0) is 7.03. The first kappa shape index (κ1) is 6.99. The highest BCUT2D eigenvalue weighted by molar-refractivity contribution is 7.81. The zero-order valence-electron chi connectivity index (χ0n) is 6.27. The summed E-state index contributed by atoms with van der Waals surface area (Å²) >= 11 is 4.48. The minimum atomic E-state index is 0.534. The van der Waals surface area contributed by atoms with Gasteiger partial charge in [0.25, 0.3) is 0 Å². The molecule has 2 heteroatoms. The van der Waals surface area contributed by atoms with Gasteiger partial charge in [0.1, 0.15) is 0 Å². The highest BCUT2D eigenvalue weighted by Crippen LogP contribution is 2.37. The van der Waals surface area contributed by atoms with Crippen LogP contribution in [0.15, 0.2) is 0 Å². The zero-order valence-corrected chi connectivity index (χ0v) is 7.16. The number of thiol groups is 1. The molecule has 1 spiro atoms. The summed E-state index contributed by atoms with van der Waals surface area (Å²) in [6.07, 6.45) is 6.94. The minimum absolute atomic E-state index is 0.534. The SMILES string of the molecule is SC1CNC2(CCCC2)C1. The van der Waals surface area contributed by atoms with Crippen LogP contribution in [0.2, 0.25) is 0 Å². The molecule has 2 fully saturated rings. The van der Waals surface area contributed by atoms with Crippen LogP contribution in [0.25, 0.3) is 0 Å². The molecule has 0 amide bonds. The largest absolute Gasteiger partial charge is 0.310 e. The monoisotopic (exact) mass is 157 g/mol. The molecular weight excluding hydrogens is 142 g/mol. The first-order valence-corrected chi connectivity index (χ1v) is 4.76. The van der Waals surface area contributed by atoms with E-state index in [4.69, 9.17) is 0 Å². The van der Waals surface area contributed by atoms with Gasteiger partial charge in [-0.15, -0.1) is 0 Å². The Morgan fingerprint density at radius 3 is 2.50 bits per heavy atom. The van der Waals surface area contributed by atoms with Gasteiger partial charge in [0.15, 0.2) is 0 Å². The molecule has 1 unspecified atom stereocenters. The van der Waals surface area contributed by atoms with E-state index in [1.807, 2.05) is 0 Å². The topological polar surface area (TPSA) is 12.0 Å². The Bertz CT molecular complexity index is 129. The maximum Gasteiger partial charge on any atom is 0.0192 e. The Morgan fingerprint density at radius 1 is 1.30 bits per heavy atom. The Hall–Kier alpha value is 0.310. The second-order valence-electron chi connectivity index (χ2n) is 3.73. The summed E-state index contributed by atoms with van der Waals surface area (Å²) in [5.41, 5.74) is 0.534. The Kier molecular flexibility index (Phi) is 1.69. The van der Waals surface area contributed by atoms with E-state index >= 15 is 0 Å². The quantitative estimate of drug-likeness (QED) is 0.509. The van der Waals surface area contributed by atoms with Crippen LogP contribution in [-0.2, 0) is 0 Å². The van der Waals surface area contributed by atoms with Gasteiger partial charge in [-0.2, -0.15) is 12.6 Å². The molecule has 0 aromatic heterocycles. The summed E-state index contributed by atoms with van der Waals surface area (Å²) in [5, 5.41) is 4.23. The second kappa shape index (κ2) is 2.42. The maximum absolute atomic E-state index is 4.48. The lowest BCUT2D eigenvalue weighted by Crippen LogP contribution is -2.35. The van der Waals surface area contributed by atoms with E-state index in [0.717, 1.165) is 6.54 Å². The summed E-state index contributed by atoms with van der Waals surface area (Å²) in [6.45, 7) is 1.13. The highest BCUT2D eigenvalue weighted by atomic mass is 32.1. The number of hydrogen-bond donors (Lipinski definition) is 2. The van der Waals surface area contributed by atoms with Gasteiger partial charge in [0.05, 0.1) is 0 Å². The lowest BCUT2D eigenvalue weighted by Gasteiger charge is -2.22. The van der Waals surface area contributed by atoms with Crippen molar-refractivity contribution in [3.63, 3.8) is 0 Å². The summed E-state index contributed by atoms with van der Waals surface area (Å²) in [4.78, 5) is 0. The van der Waals surface area contributed by atoms with Crippen molar-refractivity contribution in [3.8, 4) is 0 Å². The predicted molar refractivity (Wildman–Crippen MR) is 46.6 cm³/mol.